The van der Waals surface area contributed by atoms with Crippen molar-refractivity contribution >= 4 is 6.09 Å². The number of amides is 1. The van der Waals surface area contributed by atoms with E-state index in [1.165, 1.54) is 25.7 Å². The lowest BCUT2D eigenvalue weighted by molar-refractivity contribution is 0.0514. The Morgan fingerprint density at radius 3 is 2.33 bits per heavy atom. The summed E-state index contributed by atoms with van der Waals surface area (Å²) in [6, 6.07) is 0. The summed E-state index contributed by atoms with van der Waals surface area (Å²) < 4.78 is 5.28. The van der Waals surface area contributed by atoms with Gasteiger partial charge in [0.25, 0.3) is 0 Å². The van der Waals surface area contributed by atoms with Crippen molar-refractivity contribution in [2.24, 2.45) is 17.8 Å². The topological polar surface area (TPSA) is 50.4 Å². The molecule has 4 heteroatoms. The third kappa shape index (κ3) is 8.30. The van der Waals surface area contributed by atoms with E-state index in [0.717, 1.165) is 19.0 Å². The predicted molar refractivity (Wildman–Crippen MR) is 87.4 cm³/mol. The number of alkyl carbamates (subject to hydrolysis) is 1. The quantitative estimate of drug-likeness (QED) is 0.755. The number of nitrogens with one attached hydrogen (secondary N) is 2. The first-order valence-corrected chi connectivity index (χ1v) is 8.45. The highest BCUT2D eigenvalue weighted by Crippen LogP contribution is 2.23. The van der Waals surface area contributed by atoms with Crippen molar-refractivity contribution in [3.8, 4) is 0 Å². The number of ether oxygens (including phenoxy) is 1. The third-order valence-corrected chi connectivity index (χ3v) is 4.16. The van der Waals surface area contributed by atoms with Crippen LogP contribution >= 0.6 is 0 Å². The van der Waals surface area contributed by atoms with Gasteiger partial charge in [-0.3, -0.25) is 0 Å². The molecule has 1 aliphatic carbocycles. The van der Waals surface area contributed by atoms with Gasteiger partial charge in [0.2, 0.25) is 0 Å². The van der Waals surface area contributed by atoms with E-state index in [9.17, 15) is 4.79 Å². The summed E-state index contributed by atoms with van der Waals surface area (Å²) in [5.41, 5.74) is -0.432. The number of hydrogen-bond acceptors (Lipinski definition) is 3. The Morgan fingerprint density at radius 1 is 1.19 bits per heavy atom. The zero-order valence-corrected chi connectivity index (χ0v) is 14.5. The summed E-state index contributed by atoms with van der Waals surface area (Å²) in [7, 11) is 0. The summed E-state index contributed by atoms with van der Waals surface area (Å²) in [6.07, 6.45) is 5.20. The normalized spacial score (nSPS) is 18.0. The van der Waals surface area contributed by atoms with Crippen LogP contribution in [-0.2, 0) is 4.74 Å². The van der Waals surface area contributed by atoms with E-state index < -0.39 is 5.60 Å². The van der Waals surface area contributed by atoms with E-state index >= 15 is 0 Å². The van der Waals surface area contributed by atoms with Gasteiger partial charge in [0.15, 0.2) is 0 Å². The van der Waals surface area contributed by atoms with E-state index in [1.807, 2.05) is 20.8 Å². The lowest BCUT2D eigenvalue weighted by atomic mass is 9.95. The molecule has 0 radical (unpaired) electrons. The summed E-state index contributed by atoms with van der Waals surface area (Å²) >= 11 is 0. The molecule has 1 saturated carbocycles. The first-order chi connectivity index (χ1) is 9.78. The predicted octanol–water partition coefficient (Wildman–Crippen LogP) is 3.56. The summed E-state index contributed by atoms with van der Waals surface area (Å²) in [6.45, 7) is 12.8. The molecule has 0 spiro atoms. The maximum atomic E-state index is 11.7. The second kappa shape index (κ2) is 8.62. The molecule has 1 rings (SSSR count). The average Bonchev–Trinajstić information content (AvgIpc) is 2.83. The third-order valence-electron chi connectivity index (χ3n) is 4.16. The van der Waals surface area contributed by atoms with Crippen LogP contribution in [0.2, 0.25) is 0 Å². The molecule has 1 unspecified atom stereocenters. The summed E-state index contributed by atoms with van der Waals surface area (Å²) in [4.78, 5) is 11.7. The monoisotopic (exact) mass is 298 g/mol. The average molecular weight is 298 g/mol. The smallest absolute Gasteiger partial charge is 0.407 e. The highest BCUT2D eigenvalue weighted by molar-refractivity contribution is 5.67. The summed E-state index contributed by atoms with van der Waals surface area (Å²) in [5, 5.41) is 6.49. The molecular weight excluding hydrogens is 264 g/mol. The second-order valence-corrected chi connectivity index (χ2v) is 7.70. The first-order valence-electron chi connectivity index (χ1n) is 8.45. The van der Waals surface area contributed by atoms with Gasteiger partial charge in [-0.05, 0) is 64.5 Å². The Hall–Kier alpha value is -0.770. The molecule has 21 heavy (non-hydrogen) atoms. The van der Waals surface area contributed by atoms with E-state index in [4.69, 9.17) is 4.74 Å². The number of hydrogen-bond donors (Lipinski definition) is 2. The Kier molecular flexibility index (Phi) is 7.50. The fourth-order valence-electron chi connectivity index (χ4n) is 2.76. The maximum Gasteiger partial charge on any atom is 0.407 e. The zero-order valence-electron chi connectivity index (χ0n) is 14.5. The van der Waals surface area contributed by atoms with Crippen molar-refractivity contribution < 1.29 is 9.53 Å². The number of carbonyl (C=O) groups is 1. The van der Waals surface area contributed by atoms with Gasteiger partial charge in [0.05, 0.1) is 0 Å². The molecule has 2 N–H and O–H groups in total. The number of rotatable bonds is 7. The van der Waals surface area contributed by atoms with Gasteiger partial charge >= 0.3 is 6.09 Å². The molecular formula is C17H34N2O2. The van der Waals surface area contributed by atoms with Gasteiger partial charge in [0.1, 0.15) is 5.60 Å². The van der Waals surface area contributed by atoms with Gasteiger partial charge in [-0.1, -0.05) is 26.7 Å². The lowest BCUT2D eigenvalue weighted by Gasteiger charge is -2.24. The second-order valence-electron chi connectivity index (χ2n) is 7.70. The molecule has 1 fully saturated rings. The minimum Gasteiger partial charge on any atom is -0.444 e. The van der Waals surface area contributed by atoms with Gasteiger partial charge in [0, 0.05) is 6.54 Å². The molecule has 0 aromatic carbocycles. The van der Waals surface area contributed by atoms with Crippen LogP contribution in [0.3, 0.4) is 0 Å². The fraction of sp³-hybridized carbons (Fsp3) is 0.941. The van der Waals surface area contributed by atoms with Gasteiger partial charge in [-0.25, -0.2) is 4.79 Å². The Morgan fingerprint density at radius 2 is 1.81 bits per heavy atom. The van der Waals surface area contributed by atoms with Crippen LogP contribution < -0.4 is 10.6 Å². The van der Waals surface area contributed by atoms with E-state index in [1.54, 1.807) is 0 Å². The van der Waals surface area contributed by atoms with Gasteiger partial charge < -0.3 is 15.4 Å². The molecule has 1 atom stereocenters. The first kappa shape index (κ1) is 18.3. The zero-order chi connectivity index (χ0) is 15.9. The molecule has 124 valence electrons. The van der Waals surface area contributed by atoms with Crippen molar-refractivity contribution in [2.75, 3.05) is 19.6 Å². The molecule has 0 aromatic heterocycles. The molecule has 0 aromatic rings. The highest BCUT2D eigenvalue weighted by Gasteiger charge is 2.20. The van der Waals surface area contributed by atoms with Crippen molar-refractivity contribution in [1.29, 1.82) is 0 Å². The minimum absolute atomic E-state index is 0.316. The number of carbonyl (C=O) groups excluding carboxylic acids is 1. The molecule has 1 amide bonds. The standard InChI is InChI=1S/C17H34N2O2/c1-13(2)15(11-18-10-14-8-6-7-9-14)12-19-16(20)21-17(3,4)5/h13-15,18H,6-12H2,1-5H3,(H,19,20). The van der Waals surface area contributed by atoms with Crippen LogP contribution in [0.1, 0.15) is 60.3 Å². The van der Waals surface area contributed by atoms with E-state index in [2.05, 4.69) is 24.5 Å². The van der Waals surface area contributed by atoms with Crippen molar-refractivity contribution in [2.45, 2.75) is 65.9 Å². The molecule has 0 heterocycles. The Balaban J connectivity index is 2.24. The lowest BCUT2D eigenvalue weighted by Crippen LogP contribution is -2.40. The molecule has 0 saturated heterocycles. The van der Waals surface area contributed by atoms with Gasteiger partial charge in [-0.2, -0.15) is 0 Å². The van der Waals surface area contributed by atoms with Crippen molar-refractivity contribution in [3.63, 3.8) is 0 Å². The van der Waals surface area contributed by atoms with Crippen molar-refractivity contribution in [3.05, 3.63) is 0 Å². The van der Waals surface area contributed by atoms with Gasteiger partial charge in [-0.15, -0.1) is 0 Å². The Labute approximate surface area is 130 Å². The van der Waals surface area contributed by atoms with Crippen LogP contribution in [0.15, 0.2) is 0 Å². The van der Waals surface area contributed by atoms with Crippen LogP contribution in [0, 0.1) is 17.8 Å². The molecule has 4 nitrogen and oxygen atoms in total. The van der Waals surface area contributed by atoms with Crippen LogP contribution in [0.4, 0.5) is 4.79 Å². The summed E-state index contributed by atoms with van der Waals surface area (Å²) in [5.74, 6) is 1.84. The van der Waals surface area contributed by atoms with E-state index in [0.29, 0.717) is 18.4 Å². The fourth-order valence-corrected chi connectivity index (χ4v) is 2.76. The van der Waals surface area contributed by atoms with Crippen LogP contribution in [0.5, 0.6) is 0 Å². The molecule has 1 aliphatic rings. The van der Waals surface area contributed by atoms with Crippen LogP contribution in [0.25, 0.3) is 0 Å². The minimum atomic E-state index is -0.432. The van der Waals surface area contributed by atoms with Crippen LogP contribution in [-0.4, -0.2) is 31.3 Å². The largest absolute Gasteiger partial charge is 0.444 e. The van der Waals surface area contributed by atoms with Crippen molar-refractivity contribution in [1.82, 2.24) is 10.6 Å². The Bertz CT molecular complexity index is 304. The highest BCUT2D eigenvalue weighted by atomic mass is 16.6. The SMILES string of the molecule is CC(C)C(CNCC1CCCC1)CNC(=O)OC(C)(C)C. The van der Waals surface area contributed by atoms with E-state index in [-0.39, 0.29) is 6.09 Å². The molecule has 0 aliphatic heterocycles. The maximum absolute atomic E-state index is 11.7. The molecule has 0 bridgehead atoms.